The lowest BCUT2D eigenvalue weighted by atomic mass is 10.1. The van der Waals surface area contributed by atoms with Crippen LogP contribution < -0.4 is 5.32 Å². The van der Waals surface area contributed by atoms with E-state index in [1.807, 2.05) is 10.8 Å². The molecule has 0 fully saturated rings. The van der Waals surface area contributed by atoms with Gasteiger partial charge in [-0.1, -0.05) is 26.0 Å². The first-order chi connectivity index (χ1) is 9.20. The number of rotatable bonds is 6. The zero-order valence-electron chi connectivity index (χ0n) is 11.5. The van der Waals surface area contributed by atoms with Gasteiger partial charge in [0.25, 0.3) is 0 Å². The molecule has 1 atom stereocenters. The molecule has 0 aliphatic carbocycles. The van der Waals surface area contributed by atoms with E-state index in [0.29, 0.717) is 5.92 Å². The lowest BCUT2D eigenvalue weighted by Crippen LogP contribution is -2.36. The number of benzene rings is 1. The molecule has 0 aliphatic rings. The minimum Gasteiger partial charge on any atom is -0.395 e. The zero-order valence-corrected chi connectivity index (χ0v) is 11.5. The lowest BCUT2D eigenvalue weighted by Gasteiger charge is -2.20. The van der Waals surface area contributed by atoms with Crippen molar-refractivity contribution in [2.24, 2.45) is 5.92 Å². The fourth-order valence-corrected chi connectivity index (χ4v) is 1.96. The van der Waals surface area contributed by atoms with Gasteiger partial charge >= 0.3 is 0 Å². The van der Waals surface area contributed by atoms with Gasteiger partial charge in [-0.2, -0.15) is 0 Å². The smallest absolute Gasteiger partial charge is 0.0991 e. The third kappa shape index (κ3) is 3.66. The van der Waals surface area contributed by atoms with E-state index in [4.69, 9.17) is 0 Å². The molecule has 1 heterocycles. The summed E-state index contributed by atoms with van der Waals surface area (Å²) >= 11 is 0. The number of nitrogens with one attached hydrogen (secondary N) is 1. The molecule has 4 nitrogen and oxygen atoms in total. The van der Waals surface area contributed by atoms with Crippen LogP contribution in [-0.2, 0) is 6.54 Å². The molecule has 1 aromatic heterocycles. The summed E-state index contributed by atoms with van der Waals surface area (Å²) in [5.41, 5.74) is 2.31. The highest BCUT2D eigenvalue weighted by Gasteiger charge is 2.10. The first kappa shape index (κ1) is 13.8. The van der Waals surface area contributed by atoms with Crippen molar-refractivity contribution < 1.29 is 5.11 Å². The van der Waals surface area contributed by atoms with Gasteiger partial charge in [0.05, 0.1) is 12.9 Å². The van der Waals surface area contributed by atoms with E-state index >= 15 is 0 Å². The third-order valence-electron chi connectivity index (χ3n) is 3.31. The summed E-state index contributed by atoms with van der Waals surface area (Å²) in [5, 5.41) is 12.6. The minimum absolute atomic E-state index is 0.147. The van der Waals surface area contributed by atoms with Crippen LogP contribution in [0.3, 0.4) is 0 Å². The summed E-state index contributed by atoms with van der Waals surface area (Å²) in [7, 11) is 0. The number of hydrogen-bond acceptors (Lipinski definition) is 3. The molecule has 102 valence electrons. The van der Waals surface area contributed by atoms with Gasteiger partial charge in [-0.05, 0) is 23.6 Å². The average Bonchev–Trinajstić information content (AvgIpc) is 2.94. The van der Waals surface area contributed by atoms with Crippen LogP contribution in [-0.4, -0.2) is 27.3 Å². The van der Waals surface area contributed by atoms with Crippen molar-refractivity contribution in [2.75, 3.05) is 6.61 Å². The van der Waals surface area contributed by atoms with E-state index in [-0.39, 0.29) is 12.6 Å². The average molecular weight is 259 g/mol. The maximum absolute atomic E-state index is 9.27. The molecule has 4 heteroatoms. The summed E-state index contributed by atoms with van der Waals surface area (Å²) in [6.45, 7) is 5.16. The normalized spacial score (nSPS) is 12.8. The fourth-order valence-electron chi connectivity index (χ4n) is 1.96. The van der Waals surface area contributed by atoms with Crippen molar-refractivity contribution in [2.45, 2.75) is 26.4 Å². The summed E-state index contributed by atoms with van der Waals surface area (Å²) < 4.78 is 1.97. The Balaban J connectivity index is 1.96. The maximum Gasteiger partial charge on any atom is 0.0991 e. The van der Waals surface area contributed by atoms with Gasteiger partial charge in [0.2, 0.25) is 0 Å². The van der Waals surface area contributed by atoms with Crippen LogP contribution in [0.2, 0.25) is 0 Å². The SMILES string of the molecule is CC(C)C(CO)NCc1ccc(-n2ccnc2)cc1. The molecule has 0 saturated heterocycles. The molecule has 0 radical (unpaired) electrons. The van der Waals surface area contributed by atoms with Crippen LogP contribution in [0.1, 0.15) is 19.4 Å². The van der Waals surface area contributed by atoms with Crippen molar-refractivity contribution in [1.82, 2.24) is 14.9 Å². The Bertz CT molecular complexity index is 477. The van der Waals surface area contributed by atoms with E-state index in [9.17, 15) is 5.11 Å². The Hall–Kier alpha value is -1.65. The van der Waals surface area contributed by atoms with E-state index in [1.165, 1.54) is 5.56 Å². The van der Waals surface area contributed by atoms with Crippen LogP contribution in [0.4, 0.5) is 0 Å². The highest BCUT2D eigenvalue weighted by molar-refractivity contribution is 5.34. The Morgan fingerprint density at radius 2 is 2.00 bits per heavy atom. The van der Waals surface area contributed by atoms with Gasteiger partial charge in [0.15, 0.2) is 0 Å². The van der Waals surface area contributed by atoms with E-state index in [0.717, 1.165) is 12.2 Å². The summed E-state index contributed by atoms with van der Waals surface area (Å²) in [6, 6.07) is 8.48. The quantitative estimate of drug-likeness (QED) is 0.834. The molecule has 0 amide bonds. The van der Waals surface area contributed by atoms with Crippen molar-refractivity contribution in [1.29, 1.82) is 0 Å². The first-order valence-electron chi connectivity index (χ1n) is 6.62. The molecular weight excluding hydrogens is 238 g/mol. The van der Waals surface area contributed by atoms with Crippen LogP contribution in [0, 0.1) is 5.92 Å². The van der Waals surface area contributed by atoms with Crippen LogP contribution in [0.15, 0.2) is 43.0 Å². The molecule has 2 aromatic rings. The van der Waals surface area contributed by atoms with Gasteiger partial charge in [-0.25, -0.2) is 4.98 Å². The Morgan fingerprint density at radius 1 is 1.26 bits per heavy atom. The number of aromatic nitrogens is 2. The second kappa shape index (κ2) is 6.50. The second-order valence-electron chi connectivity index (χ2n) is 5.05. The number of aliphatic hydroxyl groups is 1. The van der Waals surface area contributed by atoms with Crippen molar-refractivity contribution in [3.8, 4) is 5.69 Å². The van der Waals surface area contributed by atoms with Gasteiger partial charge < -0.3 is 15.0 Å². The van der Waals surface area contributed by atoms with Gasteiger partial charge in [0, 0.05) is 30.7 Å². The highest BCUT2D eigenvalue weighted by atomic mass is 16.3. The fraction of sp³-hybridized carbons (Fsp3) is 0.400. The highest BCUT2D eigenvalue weighted by Crippen LogP contribution is 2.10. The molecule has 0 bridgehead atoms. The van der Waals surface area contributed by atoms with Crippen LogP contribution >= 0.6 is 0 Å². The van der Waals surface area contributed by atoms with Crippen molar-refractivity contribution >= 4 is 0 Å². The standard InChI is InChI=1S/C15H21N3O/c1-12(2)15(10-19)17-9-13-3-5-14(6-4-13)18-8-7-16-11-18/h3-8,11-12,15,17,19H,9-10H2,1-2H3. The first-order valence-corrected chi connectivity index (χ1v) is 6.62. The lowest BCUT2D eigenvalue weighted by molar-refractivity contribution is 0.210. The largest absolute Gasteiger partial charge is 0.395 e. The Kier molecular flexibility index (Phi) is 4.71. The molecule has 0 spiro atoms. The molecule has 0 saturated carbocycles. The molecule has 2 rings (SSSR count). The molecule has 2 N–H and O–H groups in total. The third-order valence-corrected chi connectivity index (χ3v) is 3.31. The van der Waals surface area contributed by atoms with Gasteiger partial charge in [0.1, 0.15) is 0 Å². The Labute approximate surface area is 114 Å². The van der Waals surface area contributed by atoms with Gasteiger partial charge in [-0.3, -0.25) is 0 Å². The van der Waals surface area contributed by atoms with E-state index in [1.54, 1.807) is 12.5 Å². The molecule has 0 aliphatic heterocycles. The predicted octanol–water partition coefficient (Wildman–Crippen LogP) is 1.98. The number of hydrogen-bond donors (Lipinski definition) is 2. The summed E-state index contributed by atoms with van der Waals surface area (Å²) in [6.07, 6.45) is 5.48. The van der Waals surface area contributed by atoms with E-state index in [2.05, 4.69) is 48.4 Å². The number of aliphatic hydroxyl groups excluding tert-OH is 1. The summed E-state index contributed by atoms with van der Waals surface area (Å²) in [5.74, 6) is 0.426. The number of imidazole rings is 1. The second-order valence-corrected chi connectivity index (χ2v) is 5.05. The Morgan fingerprint density at radius 3 is 2.53 bits per heavy atom. The van der Waals surface area contributed by atoms with Crippen molar-refractivity contribution in [3.05, 3.63) is 48.5 Å². The molecule has 1 unspecified atom stereocenters. The molecule has 1 aromatic carbocycles. The van der Waals surface area contributed by atoms with Crippen molar-refractivity contribution in [3.63, 3.8) is 0 Å². The van der Waals surface area contributed by atoms with Gasteiger partial charge in [-0.15, -0.1) is 0 Å². The maximum atomic E-state index is 9.27. The molecular formula is C15H21N3O. The van der Waals surface area contributed by atoms with Crippen LogP contribution in [0.5, 0.6) is 0 Å². The number of nitrogens with zero attached hydrogens (tertiary/aromatic N) is 2. The van der Waals surface area contributed by atoms with Crippen LogP contribution in [0.25, 0.3) is 5.69 Å². The monoisotopic (exact) mass is 259 g/mol. The topological polar surface area (TPSA) is 50.1 Å². The van der Waals surface area contributed by atoms with E-state index < -0.39 is 0 Å². The molecule has 19 heavy (non-hydrogen) atoms. The zero-order chi connectivity index (χ0) is 13.7. The minimum atomic E-state index is 0.147. The predicted molar refractivity (Wildman–Crippen MR) is 76.1 cm³/mol. The summed E-state index contributed by atoms with van der Waals surface area (Å²) in [4.78, 5) is 4.03.